The molecule has 3 heteroatoms. The summed E-state index contributed by atoms with van der Waals surface area (Å²) in [5.74, 6) is 1.25. The molecule has 3 N–H and O–H groups in total. The molecule has 0 aliphatic rings. The number of benzene rings is 1. The zero-order valence-corrected chi connectivity index (χ0v) is 11.1. The van der Waals surface area contributed by atoms with Crippen LogP contribution in [0, 0.1) is 6.92 Å². The predicted molar refractivity (Wildman–Crippen MR) is 77.2 cm³/mol. The van der Waals surface area contributed by atoms with Crippen molar-refractivity contribution < 1.29 is 0 Å². The summed E-state index contributed by atoms with van der Waals surface area (Å²) in [6, 6.07) is 10.3. The number of nitrogens with two attached hydrogens (primary N) is 1. The number of rotatable bonds is 3. The summed E-state index contributed by atoms with van der Waals surface area (Å²) in [4.78, 5) is 4.29. The lowest BCUT2D eigenvalue weighted by atomic mass is 10.0. The van der Waals surface area contributed by atoms with Gasteiger partial charge in [0.25, 0.3) is 0 Å². The van der Waals surface area contributed by atoms with Crippen molar-refractivity contribution in [3.63, 3.8) is 0 Å². The van der Waals surface area contributed by atoms with Crippen molar-refractivity contribution >= 4 is 17.2 Å². The summed E-state index contributed by atoms with van der Waals surface area (Å²) in [5.41, 5.74) is 9.98. The summed E-state index contributed by atoms with van der Waals surface area (Å²) in [7, 11) is 0. The number of nitrogens with one attached hydrogen (secondary N) is 1. The molecule has 3 nitrogen and oxygen atoms in total. The molecule has 1 heterocycles. The van der Waals surface area contributed by atoms with E-state index in [0.717, 1.165) is 11.3 Å². The predicted octanol–water partition coefficient (Wildman–Crippen LogP) is 3.84. The van der Waals surface area contributed by atoms with Crippen LogP contribution in [-0.2, 0) is 0 Å². The fourth-order valence-electron chi connectivity index (χ4n) is 1.78. The maximum atomic E-state index is 5.92. The van der Waals surface area contributed by atoms with Crippen LogP contribution >= 0.6 is 0 Å². The lowest BCUT2D eigenvalue weighted by Crippen LogP contribution is -1.99. The van der Waals surface area contributed by atoms with E-state index in [1.165, 1.54) is 5.56 Å². The molecule has 0 fully saturated rings. The van der Waals surface area contributed by atoms with Crippen LogP contribution in [-0.4, -0.2) is 4.98 Å². The minimum Gasteiger partial charge on any atom is -0.396 e. The molecule has 0 aliphatic heterocycles. The van der Waals surface area contributed by atoms with E-state index in [1.54, 1.807) is 6.20 Å². The third kappa shape index (κ3) is 2.80. The average Bonchev–Trinajstić information content (AvgIpc) is 2.33. The number of aryl methyl sites for hydroxylation is 1. The highest BCUT2D eigenvalue weighted by molar-refractivity contribution is 5.68. The standard InChI is InChI=1S/C15H19N3/c1-10(2)12-4-6-13(7-5-12)18-15-14(16)8-11(3)9-17-15/h4-10H,16H2,1-3H3,(H,17,18). The minimum atomic E-state index is 0.543. The molecular weight excluding hydrogens is 222 g/mol. The normalized spacial score (nSPS) is 10.7. The van der Waals surface area contributed by atoms with E-state index in [0.29, 0.717) is 17.4 Å². The monoisotopic (exact) mass is 241 g/mol. The Morgan fingerprint density at radius 2 is 1.83 bits per heavy atom. The molecule has 0 atom stereocenters. The summed E-state index contributed by atoms with van der Waals surface area (Å²) in [6.07, 6.45) is 1.81. The van der Waals surface area contributed by atoms with Gasteiger partial charge in [-0.2, -0.15) is 0 Å². The molecule has 0 saturated carbocycles. The van der Waals surface area contributed by atoms with E-state index in [-0.39, 0.29) is 0 Å². The Labute approximate surface area is 108 Å². The second-order valence-corrected chi connectivity index (χ2v) is 4.85. The Morgan fingerprint density at radius 3 is 2.39 bits per heavy atom. The number of aromatic nitrogens is 1. The summed E-state index contributed by atoms with van der Waals surface area (Å²) in [6.45, 7) is 6.34. The van der Waals surface area contributed by atoms with Crippen LogP contribution in [0.2, 0.25) is 0 Å². The smallest absolute Gasteiger partial charge is 0.153 e. The van der Waals surface area contributed by atoms with Gasteiger partial charge in [-0.25, -0.2) is 4.98 Å². The van der Waals surface area contributed by atoms with Crippen molar-refractivity contribution in [3.8, 4) is 0 Å². The lowest BCUT2D eigenvalue weighted by molar-refractivity contribution is 0.867. The van der Waals surface area contributed by atoms with Gasteiger partial charge in [0.1, 0.15) is 0 Å². The van der Waals surface area contributed by atoms with Crippen LogP contribution in [0.1, 0.15) is 30.9 Å². The summed E-state index contributed by atoms with van der Waals surface area (Å²) < 4.78 is 0. The van der Waals surface area contributed by atoms with Gasteiger partial charge in [-0.3, -0.25) is 0 Å². The minimum absolute atomic E-state index is 0.543. The molecule has 0 spiro atoms. The van der Waals surface area contributed by atoms with E-state index in [9.17, 15) is 0 Å². The van der Waals surface area contributed by atoms with Crippen molar-refractivity contribution in [3.05, 3.63) is 47.7 Å². The van der Waals surface area contributed by atoms with Crippen molar-refractivity contribution in [2.45, 2.75) is 26.7 Å². The molecule has 0 amide bonds. The van der Waals surface area contributed by atoms with Crippen molar-refractivity contribution in [2.24, 2.45) is 0 Å². The zero-order valence-electron chi connectivity index (χ0n) is 11.1. The van der Waals surface area contributed by atoms with Crippen LogP contribution in [0.15, 0.2) is 36.5 Å². The van der Waals surface area contributed by atoms with Gasteiger partial charge < -0.3 is 11.1 Å². The van der Waals surface area contributed by atoms with Gasteiger partial charge in [-0.15, -0.1) is 0 Å². The number of nitrogens with zero attached hydrogens (tertiary/aromatic N) is 1. The van der Waals surface area contributed by atoms with Gasteiger partial charge in [0.15, 0.2) is 5.82 Å². The van der Waals surface area contributed by atoms with Crippen LogP contribution in [0.3, 0.4) is 0 Å². The number of anilines is 3. The third-order valence-electron chi connectivity index (χ3n) is 2.89. The lowest BCUT2D eigenvalue weighted by Gasteiger charge is -2.10. The highest BCUT2D eigenvalue weighted by atomic mass is 15.0. The molecule has 0 bridgehead atoms. The highest BCUT2D eigenvalue weighted by Crippen LogP contribution is 2.23. The van der Waals surface area contributed by atoms with E-state index in [2.05, 4.69) is 48.4 Å². The molecule has 1 aromatic carbocycles. The Bertz CT molecular complexity index is 530. The molecule has 0 aliphatic carbocycles. The van der Waals surface area contributed by atoms with Crippen LogP contribution < -0.4 is 11.1 Å². The van der Waals surface area contributed by atoms with Crippen LogP contribution in [0.5, 0.6) is 0 Å². The highest BCUT2D eigenvalue weighted by Gasteiger charge is 2.03. The Balaban J connectivity index is 2.18. The Morgan fingerprint density at radius 1 is 1.17 bits per heavy atom. The molecule has 2 aromatic rings. The molecule has 18 heavy (non-hydrogen) atoms. The first kappa shape index (κ1) is 12.4. The fourth-order valence-corrected chi connectivity index (χ4v) is 1.78. The molecule has 0 saturated heterocycles. The average molecular weight is 241 g/mol. The molecule has 2 rings (SSSR count). The maximum absolute atomic E-state index is 5.92. The largest absolute Gasteiger partial charge is 0.396 e. The molecule has 1 aromatic heterocycles. The van der Waals surface area contributed by atoms with Gasteiger partial charge in [-0.05, 0) is 42.2 Å². The fraction of sp³-hybridized carbons (Fsp3) is 0.267. The maximum Gasteiger partial charge on any atom is 0.153 e. The molecule has 0 radical (unpaired) electrons. The molecule has 0 unspecified atom stereocenters. The van der Waals surface area contributed by atoms with Crippen molar-refractivity contribution in [1.82, 2.24) is 4.98 Å². The Kier molecular flexibility index (Phi) is 3.51. The van der Waals surface area contributed by atoms with Crippen LogP contribution in [0.4, 0.5) is 17.2 Å². The Hall–Kier alpha value is -2.03. The van der Waals surface area contributed by atoms with Crippen molar-refractivity contribution in [2.75, 3.05) is 11.1 Å². The van der Waals surface area contributed by atoms with Crippen LogP contribution in [0.25, 0.3) is 0 Å². The zero-order chi connectivity index (χ0) is 13.1. The topological polar surface area (TPSA) is 50.9 Å². The van der Waals surface area contributed by atoms with Gasteiger partial charge in [0.2, 0.25) is 0 Å². The van der Waals surface area contributed by atoms with E-state index >= 15 is 0 Å². The number of pyridine rings is 1. The first-order valence-electron chi connectivity index (χ1n) is 6.15. The second-order valence-electron chi connectivity index (χ2n) is 4.85. The van der Waals surface area contributed by atoms with Gasteiger partial charge in [0, 0.05) is 11.9 Å². The quantitative estimate of drug-likeness (QED) is 0.858. The number of hydrogen-bond acceptors (Lipinski definition) is 3. The van der Waals surface area contributed by atoms with Gasteiger partial charge >= 0.3 is 0 Å². The van der Waals surface area contributed by atoms with E-state index in [4.69, 9.17) is 5.73 Å². The third-order valence-corrected chi connectivity index (χ3v) is 2.89. The van der Waals surface area contributed by atoms with Gasteiger partial charge in [0.05, 0.1) is 5.69 Å². The summed E-state index contributed by atoms with van der Waals surface area (Å²) in [5, 5.41) is 3.23. The summed E-state index contributed by atoms with van der Waals surface area (Å²) >= 11 is 0. The number of nitrogen functional groups attached to an aromatic ring is 1. The molecular formula is C15H19N3. The number of hydrogen-bond donors (Lipinski definition) is 2. The first-order valence-corrected chi connectivity index (χ1v) is 6.15. The van der Waals surface area contributed by atoms with Crippen molar-refractivity contribution in [1.29, 1.82) is 0 Å². The second kappa shape index (κ2) is 5.08. The van der Waals surface area contributed by atoms with E-state index in [1.807, 2.05) is 13.0 Å². The van der Waals surface area contributed by atoms with E-state index < -0.39 is 0 Å². The van der Waals surface area contributed by atoms with Gasteiger partial charge in [-0.1, -0.05) is 26.0 Å². The first-order chi connectivity index (χ1) is 8.56. The SMILES string of the molecule is Cc1cnc(Nc2ccc(C(C)C)cc2)c(N)c1. The molecule has 94 valence electrons.